The van der Waals surface area contributed by atoms with E-state index in [2.05, 4.69) is 36.6 Å². The normalized spacial score (nSPS) is 11.7. The lowest BCUT2D eigenvalue weighted by atomic mass is 10.2. The van der Waals surface area contributed by atoms with Crippen LogP contribution in [0.2, 0.25) is 0 Å². The van der Waals surface area contributed by atoms with Crippen molar-refractivity contribution in [2.75, 3.05) is 7.05 Å². The zero-order chi connectivity index (χ0) is 10.9. The predicted octanol–water partition coefficient (Wildman–Crippen LogP) is 2.43. The fourth-order valence-electron chi connectivity index (χ4n) is 1.05. The van der Waals surface area contributed by atoms with Crippen molar-refractivity contribution >= 4 is 41.9 Å². The minimum absolute atomic E-state index is 0.227. The van der Waals surface area contributed by atoms with Gasteiger partial charge in [0, 0.05) is 8.95 Å². The van der Waals surface area contributed by atoms with Crippen molar-refractivity contribution in [1.82, 2.24) is 4.72 Å². The van der Waals surface area contributed by atoms with E-state index in [1.807, 2.05) is 6.92 Å². The lowest BCUT2D eigenvalue weighted by Crippen LogP contribution is -2.19. The van der Waals surface area contributed by atoms with Gasteiger partial charge in [-0.05, 0) is 63.5 Å². The molecule has 1 rings (SSSR count). The van der Waals surface area contributed by atoms with E-state index in [1.165, 1.54) is 7.05 Å². The summed E-state index contributed by atoms with van der Waals surface area (Å²) in [7, 11) is -2.04. The number of halogens is 2. The highest BCUT2D eigenvalue weighted by Crippen LogP contribution is 2.30. The molecule has 0 saturated carbocycles. The van der Waals surface area contributed by atoms with Crippen LogP contribution in [0.3, 0.4) is 0 Å². The Morgan fingerprint density at radius 3 is 2.00 bits per heavy atom. The Morgan fingerprint density at radius 2 is 1.64 bits per heavy atom. The van der Waals surface area contributed by atoms with Crippen LogP contribution in [0.5, 0.6) is 0 Å². The summed E-state index contributed by atoms with van der Waals surface area (Å²) in [6.07, 6.45) is 0. The third-order valence-electron chi connectivity index (χ3n) is 1.68. The van der Waals surface area contributed by atoms with Crippen molar-refractivity contribution in [2.45, 2.75) is 11.8 Å². The predicted molar refractivity (Wildman–Crippen MR) is 62.8 cm³/mol. The van der Waals surface area contributed by atoms with Gasteiger partial charge in [-0.3, -0.25) is 0 Å². The van der Waals surface area contributed by atoms with E-state index in [4.69, 9.17) is 0 Å². The molecule has 0 bridgehead atoms. The van der Waals surface area contributed by atoms with Gasteiger partial charge in [-0.1, -0.05) is 0 Å². The summed E-state index contributed by atoms with van der Waals surface area (Å²) >= 11 is 6.45. The Bertz CT molecular complexity index is 433. The molecule has 1 aromatic rings. The Hall–Kier alpha value is 0.0900. The van der Waals surface area contributed by atoms with Crippen LogP contribution < -0.4 is 4.72 Å². The van der Waals surface area contributed by atoms with E-state index < -0.39 is 10.0 Å². The molecule has 0 aliphatic rings. The van der Waals surface area contributed by atoms with Crippen LogP contribution in [0.1, 0.15) is 5.56 Å². The van der Waals surface area contributed by atoms with Gasteiger partial charge >= 0.3 is 0 Å². The first-order chi connectivity index (χ1) is 6.38. The smallest absolute Gasteiger partial charge is 0.214 e. The van der Waals surface area contributed by atoms with Gasteiger partial charge in [0.05, 0.1) is 0 Å². The molecular weight excluding hydrogens is 334 g/mol. The van der Waals surface area contributed by atoms with Crippen molar-refractivity contribution < 1.29 is 8.42 Å². The van der Waals surface area contributed by atoms with Gasteiger partial charge in [-0.15, -0.1) is 0 Å². The van der Waals surface area contributed by atoms with Crippen molar-refractivity contribution in [3.8, 4) is 0 Å². The second-order valence-electron chi connectivity index (χ2n) is 2.77. The number of hydrogen-bond acceptors (Lipinski definition) is 2. The van der Waals surface area contributed by atoms with E-state index in [0.717, 1.165) is 5.56 Å². The Morgan fingerprint density at radius 1 is 1.21 bits per heavy atom. The van der Waals surface area contributed by atoms with E-state index in [0.29, 0.717) is 8.95 Å². The Labute approximate surface area is 100 Å². The lowest BCUT2D eigenvalue weighted by Gasteiger charge is -2.08. The molecule has 0 aliphatic carbocycles. The third-order valence-corrected chi connectivity index (χ3v) is 4.97. The maximum atomic E-state index is 11.6. The zero-order valence-electron chi connectivity index (χ0n) is 7.64. The van der Waals surface area contributed by atoms with E-state index >= 15 is 0 Å². The number of hydrogen-bond donors (Lipinski definition) is 1. The highest BCUT2D eigenvalue weighted by Gasteiger charge is 2.19. The topological polar surface area (TPSA) is 46.2 Å². The van der Waals surface area contributed by atoms with E-state index in [-0.39, 0.29) is 4.90 Å². The maximum absolute atomic E-state index is 11.6. The zero-order valence-corrected chi connectivity index (χ0v) is 11.6. The number of benzene rings is 1. The SMILES string of the molecule is CNS(=O)(=O)c1c(Br)cc(C)cc1Br. The molecule has 0 radical (unpaired) electrons. The average molecular weight is 343 g/mol. The first-order valence-electron chi connectivity index (χ1n) is 3.77. The Balaban J connectivity index is 3.51. The fraction of sp³-hybridized carbons (Fsp3) is 0.250. The molecule has 1 N–H and O–H groups in total. The summed E-state index contributed by atoms with van der Waals surface area (Å²) < 4.78 is 26.5. The first-order valence-corrected chi connectivity index (χ1v) is 6.84. The van der Waals surface area contributed by atoms with E-state index in [9.17, 15) is 8.42 Å². The minimum atomic E-state index is -3.42. The van der Waals surface area contributed by atoms with E-state index in [1.54, 1.807) is 12.1 Å². The third kappa shape index (κ3) is 2.36. The van der Waals surface area contributed by atoms with Gasteiger partial charge in [-0.2, -0.15) is 0 Å². The van der Waals surface area contributed by atoms with Gasteiger partial charge in [0.2, 0.25) is 10.0 Å². The average Bonchev–Trinajstić information content (AvgIpc) is 2.01. The summed E-state index contributed by atoms with van der Waals surface area (Å²) in [6.45, 7) is 1.89. The van der Waals surface area contributed by atoms with Crippen LogP contribution in [0.4, 0.5) is 0 Å². The summed E-state index contributed by atoms with van der Waals surface area (Å²) in [4.78, 5) is 0.227. The standard InChI is InChI=1S/C8H9Br2NO2S/c1-5-3-6(9)8(7(10)4-5)14(12,13)11-2/h3-4,11H,1-2H3. The van der Waals surface area contributed by atoms with Crippen LogP contribution in [-0.2, 0) is 10.0 Å². The molecule has 78 valence electrons. The first kappa shape index (κ1) is 12.2. The van der Waals surface area contributed by atoms with Crippen molar-refractivity contribution in [1.29, 1.82) is 0 Å². The highest BCUT2D eigenvalue weighted by atomic mass is 79.9. The molecule has 0 atom stereocenters. The minimum Gasteiger partial charge on any atom is -0.214 e. The number of nitrogens with one attached hydrogen (secondary N) is 1. The van der Waals surface area contributed by atoms with Crippen LogP contribution in [0, 0.1) is 6.92 Å². The monoisotopic (exact) mass is 341 g/mol. The second kappa shape index (κ2) is 4.30. The van der Waals surface area contributed by atoms with Crippen molar-refractivity contribution in [3.63, 3.8) is 0 Å². The molecule has 14 heavy (non-hydrogen) atoms. The number of sulfonamides is 1. The van der Waals surface area contributed by atoms with Crippen molar-refractivity contribution in [2.24, 2.45) is 0 Å². The highest BCUT2D eigenvalue weighted by molar-refractivity contribution is 9.11. The molecule has 0 amide bonds. The molecule has 3 nitrogen and oxygen atoms in total. The molecule has 0 saturated heterocycles. The molecular formula is C8H9Br2NO2S. The summed E-state index contributed by atoms with van der Waals surface area (Å²) in [6, 6.07) is 3.52. The van der Waals surface area contributed by atoms with Gasteiger partial charge in [0.1, 0.15) is 4.90 Å². The molecule has 0 fully saturated rings. The Kier molecular flexibility index (Phi) is 3.74. The van der Waals surface area contributed by atoms with Crippen LogP contribution >= 0.6 is 31.9 Å². The van der Waals surface area contributed by atoms with Gasteiger partial charge in [-0.25, -0.2) is 13.1 Å². The fourth-order valence-corrected chi connectivity index (χ4v) is 4.57. The largest absolute Gasteiger partial charge is 0.242 e. The van der Waals surface area contributed by atoms with Gasteiger partial charge in [0.25, 0.3) is 0 Å². The lowest BCUT2D eigenvalue weighted by molar-refractivity contribution is 0.587. The molecule has 0 heterocycles. The van der Waals surface area contributed by atoms with Gasteiger partial charge in [0.15, 0.2) is 0 Å². The van der Waals surface area contributed by atoms with Gasteiger partial charge < -0.3 is 0 Å². The number of aryl methyl sites for hydroxylation is 1. The van der Waals surface area contributed by atoms with Crippen LogP contribution in [0.15, 0.2) is 26.0 Å². The summed E-state index contributed by atoms with van der Waals surface area (Å²) in [5.41, 5.74) is 0.985. The second-order valence-corrected chi connectivity index (χ2v) is 6.30. The molecule has 0 spiro atoms. The summed E-state index contributed by atoms with van der Waals surface area (Å²) in [5, 5.41) is 0. The quantitative estimate of drug-likeness (QED) is 0.897. The molecule has 1 aromatic carbocycles. The molecule has 6 heteroatoms. The van der Waals surface area contributed by atoms with Crippen molar-refractivity contribution in [3.05, 3.63) is 26.6 Å². The summed E-state index contributed by atoms with van der Waals surface area (Å²) in [5.74, 6) is 0. The molecule has 0 aromatic heterocycles. The van der Waals surface area contributed by atoms with Crippen LogP contribution in [-0.4, -0.2) is 15.5 Å². The molecule has 0 aliphatic heterocycles. The van der Waals surface area contributed by atoms with Crippen LogP contribution in [0.25, 0.3) is 0 Å². The maximum Gasteiger partial charge on any atom is 0.242 e. The molecule has 0 unspecified atom stereocenters. The number of rotatable bonds is 2.